The minimum absolute atomic E-state index is 0.199. The fraction of sp³-hybridized carbons (Fsp3) is 0.278. The molecule has 6 heteroatoms. The van der Waals surface area contributed by atoms with Crippen molar-refractivity contribution in [1.82, 2.24) is 9.97 Å². The first-order chi connectivity index (χ1) is 11.4. The number of rotatable bonds is 3. The van der Waals surface area contributed by atoms with Crippen molar-refractivity contribution in [3.8, 4) is 0 Å². The number of nitrogens with zero attached hydrogens (tertiary/aromatic N) is 1. The summed E-state index contributed by atoms with van der Waals surface area (Å²) in [5.41, 5.74) is 2.29. The van der Waals surface area contributed by atoms with Gasteiger partial charge in [-0.15, -0.1) is 11.3 Å². The normalized spacial score (nSPS) is 12.3. The minimum Gasteiger partial charge on any atom is -0.451 e. The van der Waals surface area contributed by atoms with Crippen LogP contribution < -0.4 is 5.56 Å². The monoisotopic (exact) mass is 342 g/mol. The van der Waals surface area contributed by atoms with Crippen LogP contribution in [0.2, 0.25) is 0 Å². The van der Waals surface area contributed by atoms with Crippen molar-refractivity contribution < 1.29 is 9.53 Å². The molecule has 0 bridgehead atoms. The standard InChI is InChI=1S/C18H18N2O3S/c1-9-5-7-13(8-6-9)18(22)23-11(3)15-19-16(21)14-10(2)12(4)24-17(14)20-15/h5-8,11H,1-4H3,(H,19,20,21). The fourth-order valence-corrected chi connectivity index (χ4v) is 3.47. The molecule has 0 fully saturated rings. The molecule has 0 aliphatic heterocycles. The van der Waals surface area contributed by atoms with Crippen LogP contribution in [0.4, 0.5) is 0 Å². The SMILES string of the molecule is Cc1ccc(C(=O)OC(C)c2nc3sc(C)c(C)c3c(=O)[nH]2)cc1. The number of thiophene rings is 1. The molecule has 3 rings (SSSR count). The van der Waals surface area contributed by atoms with E-state index in [4.69, 9.17) is 4.74 Å². The van der Waals surface area contributed by atoms with E-state index in [0.29, 0.717) is 21.6 Å². The Morgan fingerprint density at radius 2 is 1.88 bits per heavy atom. The number of aromatic amines is 1. The third kappa shape index (κ3) is 2.97. The van der Waals surface area contributed by atoms with Gasteiger partial charge in [0, 0.05) is 4.88 Å². The van der Waals surface area contributed by atoms with Gasteiger partial charge in [-0.25, -0.2) is 9.78 Å². The number of aromatic nitrogens is 2. The lowest BCUT2D eigenvalue weighted by atomic mass is 10.1. The second-order valence-electron chi connectivity index (χ2n) is 5.83. The van der Waals surface area contributed by atoms with Crippen molar-refractivity contribution in [2.75, 3.05) is 0 Å². The molecule has 1 N–H and O–H groups in total. The van der Waals surface area contributed by atoms with Crippen LogP contribution in [0.3, 0.4) is 0 Å². The van der Waals surface area contributed by atoms with Crippen LogP contribution in [-0.4, -0.2) is 15.9 Å². The first-order valence-corrected chi connectivity index (χ1v) is 8.46. The molecule has 0 radical (unpaired) electrons. The first kappa shape index (κ1) is 16.4. The number of carbonyl (C=O) groups is 1. The summed E-state index contributed by atoms with van der Waals surface area (Å²) in [5.74, 6) is -0.0852. The van der Waals surface area contributed by atoms with Gasteiger partial charge in [0.05, 0.1) is 10.9 Å². The van der Waals surface area contributed by atoms with E-state index in [1.807, 2.05) is 32.9 Å². The second-order valence-corrected chi connectivity index (χ2v) is 7.03. The van der Waals surface area contributed by atoms with Crippen molar-refractivity contribution in [2.24, 2.45) is 0 Å². The lowest BCUT2D eigenvalue weighted by molar-refractivity contribution is 0.0320. The molecule has 1 unspecified atom stereocenters. The van der Waals surface area contributed by atoms with Gasteiger partial charge in [0.1, 0.15) is 4.83 Å². The molecule has 1 atom stereocenters. The number of esters is 1. The van der Waals surface area contributed by atoms with E-state index in [0.717, 1.165) is 16.0 Å². The van der Waals surface area contributed by atoms with Crippen LogP contribution >= 0.6 is 11.3 Å². The highest BCUT2D eigenvalue weighted by Crippen LogP contribution is 2.27. The maximum absolute atomic E-state index is 12.3. The van der Waals surface area contributed by atoms with Gasteiger partial charge in [-0.2, -0.15) is 0 Å². The summed E-state index contributed by atoms with van der Waals surface area (Å²) < 4.78 is 5.44. The van der Waals surface area contributed by atoms with Crippen molar-refractivity contribution in [2.45, 2.75) is 33.8 Å². The zero-order valence-corrected chi connectivity index (χ0v) is 14.8. The molecule has 0 saturated heterocycles. The maximum Gasteiger partial charge on any atom is 0.338 e. The van der Waals surface area contributed by atoms with Gasteiger partial charge in [0.2, 0.25) is 0 Å². The van der Waals surface area contributed by atoms with Crippen LogP contribution in [-0.2, 0) is 4.74 Å². The van der Waals surface area contributed by atoms with Gasteiger partial charge in [0.15, 0.2) is 11.9 Å². The highest BCUT2D eigenvalue weighted by Gasteiger charge is 2.18. The summed E-state index contributed by atoms with van der Waals surface area (Å²) in [6, 6.07) is 7.14. The minimum atomic E-state index is -0.640. The van der Waals surface area contributed by atoms with Gasteiger partial charge in [0.25, 0.3) is 5.56 Å². The van der Waals surface area contributed by atoms with Gasteiger partial charge >= 0.3 is 5.97 Å². The molecule has 1 aromatic carbocycles. The molecule has 5 nitrogen and oxygen atoms in total. The molecular formula is C18H18N2O3S. The molecule has 0 saturated carbocycles. The number of benzene rings is 1. The molecule has 0 aliphatic carbocycles. The van der Waals surface area contributed by atoms with E-state index in [1.54, 1.807) is 19.1 Å². The van der Waals surface area contributed by atoms with Crippen molar-refractivity contribution >= 4 is 27.5 Å². The smallest absolute Gasteiger partial charge is 0.338 e. The van der Waals surface area contributed by atoms with Crippen LogP contribution in [0.5, 0.6) is 0 Å². The van der Waals surface area contributed by atoms with E-state index in [-0.39, 0.29) is 5.56 Å². The summed E-state index contributed by atoms with van der Waals surface area (Å²) in [5, 5.41) is 0.610. The second kappa shape index (κ2) is 6.20. The number of aryl methyl sites for hydroxylation is 3. The molecule has 24 heavy (non-hydrogen) atoms. The Morgan fingerprint density at radius 1 is 1.21 bits per heavy atom. The average molecular weight is 342 g/mol. The number of hydrogen-bond acceptors (Lipinski definition) is 5. The first-order valence-electron chi connectivity index (χ1n) is 7.64. The fourth-order valence-electron chi connectivity index (χ4n) is 2.44. The van der Waals surface area contributed by atoms with E-state index in [2.05, 4.69) is 9.97 Å². The molecular weight excluding hydrogens is 324 g/mol. The average Bonchev–Trinajstić information content (AvgIpc) is 2.82. The molecule has 2 aromatic heterocycles. The van der Waals surface area contributed by atoms with Crippen molar-refractivity contribution in [1.29, 1.82) is 0 Å². The van der Waals surface area contributed by atoms with Crippen molar-refractivity contribution in [3.05, 3.63) is 62.0 Å². The Morgan fingerprint density at radius 3 is 2.54 bits per heavy atom. The number of fused-ring (bicyclic) bond motifs is 1. The lowest BCUT2D eigenvalue weighted by Crippen LogP contribution is -2.17. The Bertz CT molecular complexity index is 970. The maximum atomic E-state index is 12.3. The number of hydrogen-bond donors (Lipinski definition) is 1. The number of nitrogens with one attached hydrogen (secondary N) is 1. The topological polar surface area (TPSA) is 72.0 Å². The number of H-pyrrole nitrogens is 1. The van der Waals surface area contributed by atoms with Crippen molar-refractivity contribution in [3.63, 3.8) is 0 Å². The summed E-state index contributed by atoms with van der Waals surface area (Å²) in [6.45, 7) is 7.52. The Labute approximate surface area is 143 Å². The van der Waals surface area contributed by atoms with Gasteiger partial charge in [-0.05, 0) is 45.4 Å². The van der Waals surface area contributed by atoms with Gasteiger partial charge < -0.3 is 9.72 Å². The molecule has 124 valence electrons. The lowest BCUT2D eigenvalue weighted by Gasteiger charge is -2.12. The van der Waals surface area contributed by atoms with Crippen LogP contribution in [0, 0.1) is 20.8 Å². The molecule has 2 heterocycles. The summed E-state index contributed by atoms with van der Waals surface area (Å²) in [4.78, 5) is 33.4. The third-order valence-electron chi connectivity index (χ3n) is 4.01. The van der Waals surface area contributed by atoms with E-state index < -0.39 is 12.1 Å². The van der Waals surface area contributed by atoms with Crippen LogP contribution in [0.1, 0.15) is 45.2 Å². The van der Waals surface area contributed by atoms with Crippen LogP contribution in [0.25, 0.3) is 10.2 Å². The van der Waals surface area contributed by atoms with E-state index in [1.165, 1.54) is 11.3 Å². The molecule has 0 spiro atoms. The zero-order chi connectivity index (χ0) is 17.4. The quantitative estimate of drug-likeness (QED) is 0.734. The molecule has 3 aromatic rings. The predicted octanol–water partition coefficient (Wildman–Crippen LogP) is 3.83. The Hall–Kier alpha value is -2.47. The van der Waals surface area contributed by atoms with E-state index >= 15 is 0 Å². The van der Waals surface area contributed by atoms with Gasteiger partial charge in [-0.3, -0.25) is 4.79 Å². The number of carbonyl (C=O) groups excluding carboxylic acids is 1. The highest BCUT2D eigenvalue weighted by atomic mass is 32.1. The predicted molar refractivity (Wildman–Crippen MR) is 94.7 cm³/mol. The highest BCUT2D eigenvalue weighted by molar-refractivity contribution is 7.18. The summed E-state index contributed by atoms with van der Waals surface area (Å²) in [7, 11) is 0. The Kier molecular flexibility index (Phi) is 4.24. The zero-order valence-electron chi connectivity index (χ0n) is 14.0. The van der Waals surface area contributed by atoms with Gasteiger partial charge in [-0.1, -0.05) is 17.7 Å². The number of ether oxygens (including phenoxy) is 1. The van der Waals surface area contributed by atoms with Crippen LogP contribution in [0.15, 0.2) is 29.1 Å². The molecule has 0 aliphatic rings. The third-order valence-corrected chi connectivity index (χ3v) is 5.11. The Balaban J connectivity index is 1.88. The molecule has 0 amide bonds. The summed E-state index contributed by atoms with van der Waals surface area (Å²) >= 11 is 1.47. The van der Waals surface area contributed by atoms with E-state index in [9.17, 15) is 9.59 Å². The summed E-state index contributed by atoms with van der Waals surface area (Å²) in [6.07, 6.45) is -0.640. The largest absolute Gasteiger partial charge is 0.451 e.